The van der Waals surface area contributed by atoms with E-state index >= 15 is 0 Å². The van der Waals surface area contributed by atoms with E-state index in [-0.39, 0.29) is 29.4 Å². The van der Waals surface area contributed by atoms with E-state index in [9.17, 15) is 14.0 Å². The first-order valence-corrected chi connectivity index (χ1v) is 13.5. The van der Waals surface area contributed by atoms with E-state index in [4.69, 9.17) is 0 Å². The number of hydrogen-bond donors (Lipinski definition) is 1. The van der Waals surface area contributed by atoms with E-state index in [0.29, 0.717) is 24.3 Å². The largest absolute Gasteiger partial charge is 0.352 e. The summed E-state index contributed by atoms with van der Waals surface area (Å²) in [6.45, 7) is 6.33. The van der Waals surface area contributed by atoms with Crippen molar-refractivity contribution in [2.45, 2.75) is 58.0 Å². The van der Waals surface area contributed by atoms with Crippen molar-refractivity contribution in [2.24, 2.45) is 0 Å². The van der Waals surface area contributed by atoms with Crippen molar-refractivity contribution in [3.8, 4) is 0 Å². The molecule has 0 radical (unpaired) electrons. The highest BCUT2D eigenvalue weighted by Gasteiger charge is 2.31. The summed E-state index contributed by atoms with van der Waals surface area (Å²) in [7, 11) is 0. The predicted molar refractivity (Wildman–Crippen MR) is 146 cm³/mol. The lowest BCUT2D eigenvalue weighted by Gasteiger charge is -2.32. The lowest BCUT2D eigenvalue weighted by molar-refractivity contribution is -0.139. The first-order valence-electron chi connectivity index (χ1n) is 12.4. The van der Waals surface area contributed by atoms with E-state index in [1.165, 1.54) is 17.8 Å². The predicted octanol–water partition coefficient (Wildman–Crippen LogP) is 5.92. The van der Waals surface area contributed by atoms with Crippen LogP contribution in [0.1, 0.15) is 42.5 Å². The normalized spacial score (nSPS) is 12.6. The Morgan fingerprint density at radius 3 is 2.25 bits per heavy atom. The van der Waals surface area contributed by atoms with E-state index in [1.807, 2.05) is 75.4 Å². The number of carbonyl (C=O) groups is 2. The fourth-order valence-electron chi connectivity index (χ4n) is 3.91. The molecule has 36 heavy (non-hydrogen) atoms. The maximum atomic E-state index is 14.1. The zero-order chi connectivity index (χ0) is 25.9. The van der Waals surface area contributed by atoms with Crippen LogP contribution in [0.25, 0.3) is 0 Å². The van der Waals surface area contributed by atoms with Crippen molar-refractivity contribution >= 4 is 23.6 Å². The first kappa shape index (κ1) is 27.5. The molecule has 3 rings (SSSR count). The number of nitrogens with zero attached hydrogens (tertiary/aromatic N) is 1. The Kier molecular flexibility index (Phi) is 10.6. The number of nitrogens with one attached hydrogen (secondary N) is 1. The number of aryl methyl sites for hydroxylation is 1. The summed E-state index contributed by atoms with van der Waals surface area (Å²) < 4.78 is 14.1. The van der Waals surface area contributed by atoms with Crippen LogP contribution in [0.5, 0.6) is 0 Å². The van der Waals surface area contributed by atoms with Crippen LogP contribution in [0, 0.1) is 12.7 Å². The maximum absolute atomic E-state index is 14.1. The summed E-state index contributed by atoms with van der Waals surface area (Å²) in [5.41, 5.74) is 3.62. The van der Waals surface area contributed by atoms with E-state index in [1.54, 1.807) is 23.1 Å². The lowest BCUT2D eigenvalue weighted by atomic mass is 10.0. The average molecular weight is 507 g/mol. The quantitative estimate of drug-likeness (QED) is 0.332. The van der Waals surface area contributed by atoms with Gasteiger partial charge in [0.25, 0.3) is 0 Å². The van der Waals surface area contributed by atoms with Crippen molar-refractivity contribution < 1.29 is 14.0 Å². The average Bonchev–Trinajstić information content (AvgIpc) is 2.88. The second kappa shape index (κ2) is 13.8. The molecule has 0 aliphatic heterocycles. The molecule has 0 aliphatic rings. The number of rotatable bonds is 12. The van der Waals surface area contributed by atoms with Crippen LogP contribution in [0.4, 0.5) is 4.39 Å². The zero-order valence-electron chi connectivity index (χ0n) is 21.2. The van der Waals surface area contributed by atoms with Gasteiger partial charge in [-0.15, -0.1) is 11.8 Å². The van der Waals surface area contributed by atoms with Crippen molar-refractivity contribution in [1.82, 2.24) is 10.2 Å². The Balaban J connectivity index is 1.87. The van der Waals surface area contributed by atoms with Gasteiger partial charge in [-0.25, -0.2) is 4.39 Å². The number of carbonyl (C=O) groups excluding carboxylic acids is 2. The molecule has 6 heteroatoms. The van der Waals surface area contributed by atoms with Gasteiger partial charge in [0.2, 0.25) is 11.8 Å². The summed E-state index contributed by atoms with van der Waals surface area (Å²) in [4.78, 5) is 28.9. The Morgan fingerprint density at radius 1 is 0.944 bits per heavy atom. The van der Waals surface area contributed by atoms with Crippen molar-refractivity contribution in [2.75, 3.05) is 5.75 Å². The smallest absolute Gasteiger partial charge is 0.243 e. The highest BCUT2D eigenvalue weighted by molar-refractivity contribution is 7.99. The second-order valence-electron chi connectivity index (χ2n) is 9.06. The Bertz CT molecular complexity index is 1140. The minimum Gasteiger partial charge on any atom is -0.352 e. The number of hydrogen-bond acceptors (Lipinski definition) is 3. The molecule has 4 nitrogen and oxygen atoms in total. The van der Waals surface area contributed by atoms with E-state index in [0.717, 1.165) is 23.1 Å². The third-order valence-corrected chi connectivity index (χ3v) is 7.28. The molecule has 2 unspecified atom stereocenters. The van der Waals surface area contributed by atoms with Crippen molar-refractivity contribution in [3.05, 3.63) is 107 Å². The Labute approximate surface area is 218 Å². The van der Waals surface area contributed by atoms with Crippen LogP contribution < -0.4 is 5.32 Å². The van der Waals surface area contributed by atoms with Gasteiger partial charge in [-0.1, -0.05) is 79.7 Å². The third kappa shape index (κ3) is 7.95. The summed E-state index contributed by atoms with van der Waals surface area (Å²) in [6, 6.07) is 23.6. The molecule has 0 heterocycles. The molecule has 0 bridgehead atoms. The third-order valence-electron chi connectivity index (χ3n) is 6.32. The Morgan fingerprint density at radius 2 is 1.58 bits per heavy atom. The minimum atomic E-state index is -0.664. The summed E-state index contributed by atoms with van der Waals surface area (Å²) in [5, 5.41) is 3.09. The molecule has 3 aromatic rings. The first-order chi connectivity index (χ1) is 17.4. The number of benzene rings is 3. The molecule has 0 aliphatic carbocycles. The second-order valence-corrected chi connectivity index (χ2v) is 10.0. The van der Waals surface area contributed by atoms with Crippen LogP contribution in [-0.4, -0.2) is 34.6 Å². The van der Waals surface area contributed by atoms with E-state index in [2.05, 4.69) is 5.32 Å². The van der Waals surface area contributed by atoms with Crippen LogP contribution in [0.3, 0.4) is 0 Å². The molecular formula is C30H35FN2O2S. The van der Waals surface area contributed by atoms with E-state index < -0.39 is 6.04 Å². The van der Waals surface area contributed by atoms with Crippen molar-refractivity contribution in [3.63, 3.8) is 0 Å². The monoisotopic (exact) mass is 506 g/mol. The summed E-state index contributed by atoms with van der Waals surface area (Å²) in [6.07, 6.45) is 1.22. The summed E-state index contributed by atoms with van der Waals surface area (Å²) in [5.74, 6) is -0.0283. The topological polar surface area (TPSA) is 49.4 Å². The molecule has 2 atom stereocenters. The van der Waals surface area contributed by atoms with Crippen LogP contribution in [0.2, 0.25) is 0 Å². The van der Waals surface area contributed by atoms with Crippen molar-refractivity contribution in [1.29, 1.82) is 0 Å². The Hall–Kier alpha value is -3.12. The number of amides is 2. The van der Waals surface area contributed by atoms with Crippen LogP contribution in [-0.2, 0) is 28.3 Å². The molecule has 0 saturated heterocycles. The molecule has 0 aromatic heterocycles. The van der Waals surface area contributed by atoms with Gasteiger partial charge in [-0.3, -0.25) is 9.59 Å². The van der Waals surface area contributed by atoms with Gasteiger partial charge in [0.1, 0.15) is 11.9 Å². The van der Waals surface area contributed by atoms with Gasteiger partial charge in [0, 0.05) is 24.8 Å². The van der Waals surface area contributed by atoms with Gasteiger partial charge >= 0.3 is 0 Å². The maximum Gasteiger partial charge on any atom is 0.243 e. The van der Waals surface area contributed by atoms with Crippen LogP contribution in [0.15, 0.2) is 78.9 Å². The lowest BCUT2D eigenvalue weighted by Crippen LogP contribution is -2.52. The number of halogens is 1. The SMILES string of the molecule is CCC(C)NC(=O)C(Cc1ccccc1)N(Cc1ccccc1C)C(=O)CSCc1ccccc1F. The molecule has 3 aromatic carbocycles. The highest BCUT2D eigenvalue weighted by Crippen LogP contribution is 2.21. The molecule has 190 valence electrons. The van der Waals surface area contributed by atoms with Gasteiger partial charge in [0.15, 0.2) is 0 Å². The molecule has 2 amide bonds. The fraction of sp³-hybridized carbons (Fsp3) is 0.333. The molecule has 0 fully saturated rings. The standard InChI is InChI=1S/C30H35FN2O2S/c1-4-23(3)32-30(35)28(18-24-13-6-5-7-14-24)33(19-25-15-9-8-12-22(25)2)29(34)21-36-20-26-16-10-11-17-27(26)31/h5-17,23,28H,4,18-21H2,1-3H3,(H,32,35). The zero-order valence-corrected chi connectivity index (χ0v) is 22.1. The van der Waals surface area contributed by atoms with Gasteiger partial charge < -0.3 is 10.2 Å². The fourth-order valence-corrected chi connectivity index (χ4v) is 4.81. The molecule has 0 spiro atoms. The number of thioether (sulfide) groups is 1. The molecule has 1 N–H and O–H groups in total. The summed E-state index contributed by atoms with van der Waals surface area (Å²) >= 11 is 1.36. The molecular weight excluding hydrogens is 471 g/mol. The van der Waals surface area contributed by atoms with Gasteiger partial charge in [-0.2, -0.15) is 0 Å². The van der Waals surface area contributed by atoms with Gasteiger partial charge in [0.05, 0.1) is 5.75 Å². The highest BCUT2D eigenvalue weighted by atomic mass is 32.2. The van der Waals surface area contributed by atoms with Gasteiger partial charge in [-0.05, 0) is 48.6 Å². The molecule has 0 saturated carbocycles. The minimum absolute atomic E-state index is 0.00150. The van der Waals surface area contributed by atoms with Crippen LogP contribution >= 0.6 is 11.8 Å².